The molecule has 3 atom stereocenters. The molecule has 1 fully saturated rings. The summed E-state index contributed by atoms with van der Waals surface area (Å²) in [5.41, 5.74) is 1.34. The topological polar surface area (TPSA) is 193 Å². The quantitative estimate of drug-likeness (QED) is 0.0449. The van der Waals surface area contributed by atoms with Crippen molar-refractivity contribution in [2.75, 3.05) is 30.2 Å². The van der Waals surface area contributed by atoms with E-state index in [1.165, 1.54) is 0 Å². The van der Waals surface area contributed by atoms with Crippen molar-refractivity contribution in [2.24, 2.45) is 5.92 Å². The van der Waals surface area contributed by atoms with Crippen molar-refractivity contribution in [3.05, 3.63) is 24.3 Å². The number of carbonyl (C=O) groups is 2. The Kier molecular flexibility index (Phi) is 21.5. The van der Waals surface area contributed by atoms with E-state index in [9.17, 15) is 43.4 Å². The van der Waals surface area contributed by atoms with Crippen LogP contribution < -0.4 is 15.1 Å². The first kappa shape index (κ1) is 45.1. The molecule has 2 amide bonds. The van der Waals surface area contributed by atoms with Gasteiger partial charge in [-0.3, -0.25) is 13.9 Å². The number of aliphatic hydroxyl groups is 1. The van der Waals surface area contributed by atoms with Gasteiger partial charge >= 0.3 is 110 Å². The van der Waals surface area contributed by atoms with Crippen LogP contribution in [-0.2, 0) is 18.7 Å². The molecule has 19 heteroatoms. The summed E-state index contributed by atoms with van der Waals surface area (Å²) in [6.07, 6.45) is 1.74. The summed E-state index contributed by atoms with van der Waals surface area (Å²) < 4.78 is 23.2. The summed E-state index contributed by atoms with van der Waals surface area (Å²) >= 11 is 11.8. The second kappa shape index (κ2) is 19.6. The molecule has 1 aromatic rings. The van der Waals surface area contributed by atoms with Gasteiger partial charge in [0.2, 0.25) is 5.91 Å². The molecule has 0 radical (unpaired) electrons. The maximum absolute atomic E-state index is 12.9. The summed E-state index contributed by atoms with van der Waals surface area (Å²) in [4.78, 5) is 62.1. The van der Waals surface area contributed by atoms with Crippen LogP contribution in [0.2, 0.25) is 0 Å². The molecule has 1 saturated carbocycles. The number of hydrogen-bond acceptors (Lipinski definition) is 6. The van der Waals surface area contributed by atoms with Gasteiger partial charge in [0.15, 0.2) is 0 Å². The fourth-order valence-corrected chi connectivity index (χ4v) is 7.53. The first-order valence-corrected chi connectivity index (χ1v) is 16.4. The van der Waals surface area contributed by atoms with Crippen LogP contribution in [0.5, 0.6) is 0 Å². The molecule has 0 heterocycles. The van der Waals surface area contributed by atoms with Gasteiger partial charge in [-0.25, -0.2) is 9.28 Å². The van der Waals surface area contributed by atoms with Gasteiger partial charge in [0, 0.05) is 30.3 Å². The molecule has 0 bridgehead atoms. The fourth-order valence-electron chi connectivity index (χ4n) is 4.73. The number of benzene rings is 1. The van der Waals surface area contributed by atoms with Crippen molar-refractivity contribution in [2.45, 2.75) is 56.2 Å². The van der Waals surface area contributed by atoms with Gasteiger partial charge in [-0.1, -0.05) is 6.42 Å². The molecule has 1 aromatic carbocycles. The number of anilines is 1. The molecule has 0 spiro atoms. The van der Waals surface area contributed by atoms with Crippen LogP contribution in [0.4, 0.5) is 11.4 Å². The van der Waals surface area contributed by atoms with Crippen molar-refractivity contribution in [1.82, 2.24) is 9.80 Å². The Morgan fingerprint density at radius 3 is 2.00 bits per heavy atom. The number of rotatable bonds is 15. The number of halogens is 2. The Balaban J connectivity index is 0. The maximum atomic E-state index is 12.9. The zero-order valence-electron chi connectivity index (χ0n) is 20.9. The van der Waals surface area contributed by atoms with E-state index in [1.54, 1.807) is 31.2 Å². The van der Waals surface area contributed by atoms with E-state index in [1.807, 2.05) is 0 Å². The summed E-state index contributed by atoms with van der Waals surface area (Å²) in [5.74, 6) is -0.124. The molecule has 7 N–H and O–H groups in total. The third-order valence-electron chi connectivity index (χ3n) is 7.10. The Hall–Kier alpha value is 1.96. The van der Waals surface area contributed by atoms with Crippen LogP contribution in [-0.4, -0.2) is 168 Å². The Morgan fingerprint density at radius 2 is 1.56 bits per heavy atom. The minimum absolute atomic E-state index is 0. The predicted octanol–water partition coefficient (Wildman–Crippen LogP) is 0.549. The Morgan fingerprint density at radius 1 is 1.05 bits per heavy atom. The first-order chi connectivity index (χ1) is 17.6. The van der Waals surface area contributed by atoms with Gasteiger partial charge in [-0.15, -0.1) is 23.2 Å². The molecule has 2 unspecified atom stereocenters. The van der Waals surface area contributed by atoms with Crippen LogP contribution in [0.25, 0.3) is 0 Å². The van der Waals surface area contributed by atoms with Crippen molar-refractivity contribution in [3.8, 4) is 0 Å². The van der Waals surface area contributed by atoms with E-state index in [4.69, 9.17) is 23.2 Å². The molecule has 41 heavy (non-hydrogen) atoms. The van der Waals surface area contributed by atoms with Gasteiger partial charge in [0.25, 0.3) is 5.08 Å². The van der Waals surface area contributed by atoms with Crippen LogP contribution in [0.15, 0.2) is 24.3 Å². The average molecular weight is 691 g/mol. The zero-order chi connectivity index (χ0) is 28.8. The third-order valence-corrected chi connectivity index (χ3v) is 11.3. The van der Waals surface area contributed by atoms with Crippen LogP contribution >= 0.6 is 38.4 Å². The molecule has 0 aromatic heterocycles. The molecule has 12 nitrogen and oxygen atoms in total. The minimum atomic E-state index is -5.53. The first-order valence-electron chi connectivity index (χ1n) is 12.1. The number of alkyl halides is 2. The van der Waals surface area contributed by atoms with E-state index < -0.39 is 32.7 Å². The third kappa shape index (κ3) is 11.9. The monoisotopic (exact) mass is 690 g/mol. The van der Waals surface area contributed by atoms with Crippen LogP contribution in [0.3, 0.4) is 0 Å². The summed E-state index contributed by atoms with van der Waals surface area (Å²) in [7, 11) is -11.1. The molecular weight excluding hydrogens is 652 g/mol. The van der Waals surface area contributed by atoms with Gasteiger partial charge in [0.05, 0.1) is 11.8 Å². The van der Waals surface area contributed by atoms with Gasteiger partial charge < -0.3 is 35.3 Å². The average Bonchev–Trinajstić information content (AvgIpc) is 3.28. The number of quaternary nitrogens is 1. The van der Waals surface area contributed by atoms with Crippen LogP contribution in [0.1, 0.15) is 39.0 Å². The molecular formula is C22H39Cl2N3Na3O9P2+. The van der Waals surface area contributed by atoms with E-state index in [0.717, 1.165) is 6.41 Å². The van der Waals surface area contributed by atoms with E-state index in [-0.39, 0.29) is 129 Å². The number of amides is 2. The number of carbonyl (C=O) groups excluding carboxylic acids is 2. The van der Waals surface area contributed by atoms with Crippen LogP contribution in [0, 0.1) is 5.92 Å². The number of hydrogen-bond donors (Lipinski definition) is 7. The van der Waals surface area contributed by atoms with Crippen molar-refractivity contribution >= 4 is 151 Å². The summed E-state index contributed by atoms with van der Waals surface area (Å²) in [5, 5.41) is 12.7. The van der Waals surface area contributed by atoms with Crippen molar-refractivity contribution < 1.29 is 43.4 Å². The second-order valence-corrected chi connectivity index (χ2v) is 14.3. The van der Waals surface area contributed by atoms with Gasteiger partial charge in [-0.2, -0.15) is 0 Å². The fraction of sp³-hybridized carbons (Fsp3) is 0.636. The molecule has 0 aliphatic heterocycles. The molecule has 1 aliphatic carbocycles. The van der Waals surface area contributed by atoms with Gasteiger partial charge in [0.1, 0.15) is 24.8 Å². The van der Waals surface area contributed by atoms with E-state index in [0.29, 0.717) is 43.7 Å². The van der Waals surface area contributed by atoms with E-state index in [2.05, 4.69) is 10.6 Å². The predicted molar refractivity (Wildman–Crippen MR) is 168 cm³/mol. The SMILES string of the molecule is C[C@H](Nc1ccc([N+](C=O)(CCCl)CCCl)cc1)C(=O)NC1CCCC1CCC(O)(P(=O)(O)O)P(=O)(O)O.[NaH].[NaH].[NaH]. The zero-order valence-corrected chi connectivity index (χ0v) is 24.3. The van der Waals surface area contributed by atoms with E-state index >= 15 is 0 Å². The Bertz CT molecular complexity index is 1040. The number of nitrogens with zero attached hydrogens (tertiary/aromatic N) is 1. The second-order valence-electron chi connectivity index (χ2n) is 9.58. The Labute approximate surface area is 316 Å². The standard InChI is InChI=1S/C22H35Cl2N3O9P2.3Na.3H/c1-16(25-18-5-7-19(8-6-18)27(15-28,13-11-23)14-12-24)21(29)26-20-4-2-3-17(20)9-10-22(30,37(31,32)33)38(34,35)36;;;;;;/h5-8,15-17,20,25,30H,2-4,9-14H2,1H3,(H4-,26,29,31,32,33,34,35,36);;;;;;/p+1/t16-,17?,20?;;;;;;/m0....../s1. The van der Waals surface area contributed by atoms with Crippen molar-refractivity contribution in [3.63, 3.8) is 0 Å². The molecule has 0 saturated heterocycles. The van der Waals surface area contributed by atoms with Gasteiger partial charge in [-0.05, 0) is 44.2 Å². The van der Waals surface area contributed by atoms with Crippen molar-refractivity contribution in [1.29, 1.82) is 0 Å². The molecule has 222 valence electrons. The summed E-state index contributed by atoms with van der Waals surface area (Å²) in [6.45, 7) is 2.41. The molecule has 1 aliphatic rings. The number of nitrogens with one attached hydrogen (secondary N) is 2. The normalized spacial score (nSPS) is 18.2. The summed E-state index contributed by atoms with van der Waals surface area (Å²) in [6, 6.07) is 5.94. The molecule has 2 rings (SSSR count).